The molecule has 0 bridgehead atoms. The van der Waals surface area contributed by atoms with Gasteiger partial charge in [0.05, 0.1) is 12.6 Å². The van der Waals surface area contributed by atoms with Crippen LogP contribution in [0.2, 0.25) is 0 Å². The molecule has 2 aromatic heterocycles. The molecule has 0 amide bonds. The van der Waals surface area contributed by atoms with Gasteiger partial charge >= 0.3 is 21.1 Å². The molecule has 0 radical (unpaired) electrons. The van der Waals surface area contributed by atoms with Crippen molar-refractivity contribution in [3.8, 4) is 5.82 Å². The number of hydrogen-bond donors (Lipinski definition) is 0. The van der Waals surface area contributed by atoms with E-state index in [9.17, 15) is 0 Å². The van der Waals surface area contributed by atoms with Crippen molar-refractivity contribution in [1.29, 1.82) is 0 Å². The standard InChI is InChI=1S/C45H44N4O.Pt/c1-28-21-30(43-47-37(27-50-43)29-13-7-8-14-29)23-32(22-28)48-39-18-12-10-16-35(39)45(5,6)36-25-34-33-15-9-11-17-38(33)49(40(34)26-41(36)48)42-24-31(19-20-46-42)44(2,3)4;/h9-12,15-22,24-25,29,37H,7-8,13-14,27H2,1-6H3;/q-2;+2/t37-;/m0./s1. The van der Waals surface area contributed by atoms with Crippen LogP contribution in [0.1, 0.15) is 88.1 Å². The third-order valence-electron chi connectivity index (χ3n) is 11.3. The van der Waals surface area contributed by atoms with Crippen LogP contribution in [0.3, 0.4) is 0 Å². The van der Waals surface area contributed by atoms with Gasteiger partial charge in [0.2, 0.25) is 0 Å². The molecule has 6 aromatic rings. The Bertz CT molecular complexity index is 2340. The number of rotatable bonds is 4. The number of fused-ring (bicyclic) bond motifs is 5. The van der Waals surface area contributed by atoms with Gasteiger partial charge < -0.3 is 14.2 Å². The first-order chi connectivity index (χ1) is 24.1. The monoisotopic (exact) mass is 851 g/mol. The van der Waals surface area contributed by atoms with Gasteiger partial charge in [-0.25, -0.2) is 4.98 Å². The molecular weight excluding hydrogens is 808 g/mol. The molecule has 5 nitrogen and oxygen atoms in total. The minimum absolute atomic E-state index is 0. The predicted octanol–water partition coefficient (Wildman–Crippen LogP) is 10.8. The molecule has 1 aliphatic carbocycles. The Morgan fingerprint density at radius 2 is 1.63 bits per heavy atom. The third-order valence-corrected chi connectivity index (χ3v) is 11.3. The first-order valence-electron chi connectivity index (χ1n) is 18.2. The number of hydrogen-bond acceptors (Lipinski definition) is 4. The first kappa shape index (κ1) is 33.9. The van der Waals surface area contributed by atoms with Crippen LogP contribution in [0.15, 0.2) is 90.1 Å². The van der Waals surface area contributed by atoms with Gasteiger partial charge in [0.15, 0.2) is 0 Å². The van der Waals surface area contributed by atoms with Gasteiger partial charge in [0, 0.05) is 17.4 Å². The number of anilines is 3. The Labute approximate surface area is 316 Å². The summed E-state index contributed by atoms with van der Waals surface area (Å²) < 4.78 is 8.60. The van der Waals surface area contributed by atoms with Crippen molar-refractivity contribution < 1.29 is 25.8 Å². The zero-order chi connectivity index (χ0) is 34.4. The van der Waals surface area contributed by atoms with Crippen molar-refractivity contribution >= 4 is 44.8 Å². The number of aliphatic imine (C=N–C) groups is 1. The van der Waals surface area contributed by atoms with Crippen LogP contribution in [-0.2, 0) is 36.6 Å². The Hall–Kier alpha value is -4.21. The van der Waals surface area contributed by atoms with Gasteiger partial charge in [-0.2, -0.15) is 6.07 Å². The van der Waals surface area contributed by atoms with Gasteiger partial charge in [-0.3, -0.25) is 4.99 Å². The van der Waals surface area contributed by atoms with Crippen LogP contribution in [0.4, 0.5) is 17.1 Å². The van der Waals surface area contributed by atoms with E-state index in [1.807, 2.05) is 6.20 Å². The van der Waals surface area contributed by atoms with E-state index in [2.05, 4.69) is 142 Å². The summed E-state index contributed by atoms with van der Waals surface area (Å²) in [5.74, 6) is 2.25. The maximum absolute atomic E-state index is 6.31. The molecule has 1 saturated carbocycles. The molecule has 2 aliphatic heterocycles. The van der Waals surface area contributed by atoms with E-state index in [-0.39, 0.29) is 37.9 Å². The number of ether oxygens (including phenoxy) is 1. The molecule has 0 unspecified atom stereocenters. The second kappa shape index (κ2) is 12.5. The van der Waals surface area contributed by atoms with Crippen LogP contribution < -0.4 is 4.90 Å². The molecule has 0 N–H and O–H groups in total. The normalized spacial score (nSPS) is 18.4. The van der Waals surface area contributed by atoms with Crippen LogP contribution >= 0.6 is 0 Å². The summed E-state index contributed by atoms with van der Waals surface area (Å²) in [6, 6.07) is 36.7. The fraction of sp³-hybridized carbons (Fsp3) is 0.333. The molecule has 0 saturated heterocycles. The summed E-state index contributed by atoms with van der Waals surface area (Å²) in [5.41, 5.74) is 10.8. The smallest absolute Gasteiger partial charge is 0.518 e. The van der Waals surface area contributed by atoms with Crippen molar-refractivity contribution in [2.24, 2.45) is 10.9 Å². The van der Waals surface area contributed by atoms with Gasteiger partial charge in [0.25, 0.3) is 0 Å². The van der Waals surface area contributed by atoms with Crippen molar-refractivity contribution in [2.45, 2.75) is 84.1 Å². The Morgan fingerprint density at radius 1 is 0.863 bits per heavy atom. The van der Waals surface area contributed by atoms with E-state index in [1.165, 1.54) is 53.1 Å². The van der Waals surface area contributed by atoms with E-state index < -0.39 is 0 Å². The van der Waals surface area contributed by atoms with Crippen molar-refractivity contribution in [3.05, 3.63) is 125 Å². The number of aryl methyl sites for hydroxylation is 1. The quantitative estimate of drug-likeness (QED) is 0.166. The van der Waals surface area contributed by atoms with Gasteiger partial charge in [-0.1, -0.05) is 108 Å². The minimum atomic E-state index is -0.263. The zero-order valence-corrected chi connectivity index (χ0v) is 32.6. The van der Waals surface area contributed by atoms with Crippen molar-refractivity contribution in [3.63, 3.8) is 0 Å². The average Bonchev–Trinajstić information content (AvgIpc) is 3.87. The van der Waals surface area contributed by atoms with Crippen LogP contribution in [-0.4, -0.2) is 28.1 Å². The summed E-state index contributed by atoms with van der Waals surface area (Å²) in [5, 5.41) is 2.37. The van der Waals surface area contributed by atoms with Gasteiger partial charge in [-0.15, -0.1) is 40.8 Å². The predicted molar refractivity (Wildman–Crippen MR) is 205 cm³/mol. The number of pyridine rings is 1. The fourth-order valence-corrected chi connectivity index (χ4v) is 8.59. The largest absolute Gasteiger partial charge is 2.00 e. The average molecular weight is 852 g/mol. The number of para-hydroxylation sites is 2. The van der Waals surface area contributed by atoms with Gasteiger partial charge in [-0.05, 0) is 76.1 Å². The Morgan fingerprint density at radius 3 is 2.43 bits per heavy atom. The molecule has 9 rings (SSSR count). The molecule has 260 valence electrons. The molecule has 1 fully saturated rings. The topological polar surface area (TPSA) is 42.6 Å². The van der Waals surface area contributed by atoms with E-state index in [1.54, 1.807) is 0 Å². The van der Waals surface area contributed by atoms with Crippen LogP contribution in [0, 0.1) is 25.0 Å². The maximum Gasteiger partial charge on any atom is 2.00 e. The Kier molecular flexibility index (Phi) is 8.30. The second-order valence-electron chi connectivity index (χ2n) is 16.1. The molecule has 4 heterocycles. The summed E-state index contributed by atoms with van der Waals surface area (Å²) >= 11 is 0. The van der Waals surface area contributed by atoms with Gasteiger partial charge in [0.1, 0.15) is 11.7 Å². The second-order valence-corrected chi connectivity index (χ2v) is 16.1. The summed E-state index contributed by atoms with van der Waals surface area (Å²) in [7, 11) is 0. The zero-order valence-electron chi connectivity index (χ0n) is 30.3. The number of benzene rings is 4. The molecular formula is C45H44N4OPt. The van der Waals surface area contributed by atoms with Crippen molar-refractivity contribution in [2.75, 3.05) is 11.5 Å². The first-order valence-corrected chi connectivity index (χ1v) is 18.2. The SMILES string of the molecule is Cc1cc(C2=N[C@H](C3CCCC3)CO2)[c-]c(N2c3[c-]c4c(cc3C(C)(C)c3ccccc32)c2ccccc2n4-c2cc(C(C)(C)C)ccn2)c1.[Pt+2]. The van der Waals surface area contributed by atoms with E-state index in [0.29, 0.717) is 12.5 Å². The molecule has 6 heteroatoms. The minimum Gasteiger partial charge on any atom is -0.518 e. The van der Waals surface area contributed by atoms with Crippen LogP contribution in [0.5, 0.6) is 0 Å². The molecule has 4 aromatic carbocycles. The summed E-state index contributed by atoms with van der Waals surface area (Å²) in [4.78, 5) is 12.4. The molecule has 1 atom stereocenters. The Balaban J connectivity index is 0.00000374. The molecule has 0 spiro atoms. The molecule has 3 aliphatic rings. The van der Waals surface area contributed by atoms with Crippen LogP contribution in [0.25, 0.3) is 27.6 Å². The third kappa shape index (κ3) is 5.55. The summed E-state index contributed by atoms with van der Waals surface area (Å²) in [6.07, 6.45) is 7.05. The van der Waals surface area contributed by atoms with E-state index in [0.717, 1.165) is 50.9 Å². The number of nitrogens with zero attached hydrogens (tertiary/aromatic N) is 4. The van der Waals surface area contributed by atoms with Crippen molar-refractivity contribution in [1.82, 2.24) is 9.55 Å². The summed E-state index contributed by atoms with van der Waals surface area (Å²) in [6.45, 7) is 14.3. The fourth-order valence-electron chi connectivity index (χ4n) is 8.59. The van der Waals surface area contributed by atoms with E-state index >= 15 is 0 Å². The maximum atomic E-state index is 6.31. The molecule has 51 heavy (non-hydrogen) atoms. The number of aromatic nitrogens is 2. The van der Waals surface area contributed by atoms with E-state index in [4.69, 9.17) is 14.7 Å².